The quantitative estimate of drug-likeness (QED) is 0.683. The SMILES string of the molecule is Cn1c(=O)c2c(nc(Cl)n2CC(=O)Nc2ccc(F)c(F)c2)n(C)c1=O. The number of carbonyl (C=O) groups excluding carboxylic acids is 1. The number of aryl methyl sites for hydroxylation is 1. The fraction of sp³-hybridized carbons (Fsp3) is 0.200. The van der Waals surface area contributed by atoms with E-state index in [2.05, 4.69) is 10.3 Å². The number of anilines is 1. The maximum atomic E-state index is 13.2. The number of carbonyl (C=O) groups is 1. The second kappa shape index (κ2) is 6.37. The van der Waals surface area contributed by atoms with Crippen molar-refractivity contribution in [3.63, 3.8) is 0 Å². The fourth-order valence-electron chi connectivity index (χ4n) is 2.48. The summed E-state index contributed by atoms with van der Waals surface area (Å²) in [7, 11) is 2.70. The van der Waals surface area contributed by atoms with Crippen LogP contribution in [0, 0.1) is 11.6 Å². The molecular formula is C15H12ClF2N5O3. The van der Waals surface area contributed by atoms with Crippen LogP contribution < -0.4 is 16.6 Å². The fourth-order valence-corrected chi connectivity index (χ4v) is 2.71. The van der Waals surface area contributed by atoms with E-state index in [-0.39, 0.29) is 22.1 Å². The van der Waals surface area contributed by atoms with Crippen LogP contribution in [0.1, 0.15) is 0 Å². The lowest BCUT2D eigenvalue weighted by molar-refractivity contribution is -0.116. The molecule has 136 valence electrons. The molecule has 0 aliphatic heterocycles. The predicted octanol–water partition coefficient (Wildman–Crippen LogP) is 1.00. The third-order valence-corrected chi connectivity index (χ3v) is 4.10. The Labute approximate surface area is 149 Å². The molecule has 0 unspecified atom stereocenters. The van der Waals surface area contributed by atoms with E-state index in [1.54, 1.807) is 0 Å². The van der Waals surface area contributed by atoms with Crippen molar-refractivity contribution in [3.05, 3.63) is 56.0 Å². The van der Waals surface area contributed by atoms with Crippen molar-refractivity contribution in [1.29, 1.82) is 0 Å². The summed E-state index contributed by atoms with van der Waals surface area (Å²) < 4.78 is 29.3. The molecule has 2 aromatic heterocycles. The Morgan fingerprint density at radius 3 is 2.54 bits per heavy atom. The molecular weight excluding hydrogens is 372 g/mol. The number of fused-ring (bicyclic) bond motifs is 1. The summed E-state index contributed by atoms with van der Waals surface area (Å²) in [4.78, 5) is 40.5. The van der Waals surface area contributed by atoms with Gasteiger partial charge < -0.3 is 5.32 Å². The van der Waals surface area contributed by atoms with Crippen molar-refractivity contribution in [2.24, 2.45) is 14.1 Å². The second-order valence-corrected chi connectivity index (χ2v) is 5.86. The molecule has 2 heterocycles. The molecule has 1 amide bonds. The molecule has 0 bridgehead atoms. The van der Waals surface area contributed by atoms with Gasteiger partial charge in [0.2, 0.25) is 11.2 Å². The van der Waals surface area contributed by atoms with Gasteiger partial charge in [0.05, 0.1) is 0 Å². The maximum absolute atomic E-state index is 13.2. The van der Waals surface area contributed by atoms with Gasteiger partial charge in [0.1, 0.15) is 6.54 Å². The zero-order chi connectivity index (χ0) is 19.2. The minimum absolute atomic E-state index is 0.0277. The number of nitrogens with zero attached hydrogens (tertiary/aromatic N) is 4. The Bertz CT molecular complexity index is 1160. The van der Waals surface area contributed by atoms with Crippen molar-refractivity contribution in [2.45, 2.75) is 6.54 Å². The largest absolute Gasteiger partial charge is 0.332 e. The lowest BCUT2D eigenvalue weighted by Crippen LogP contribution is -2.37. The summed E-state index contributed by atoms with van der Waals surface area (Å²) >= 11 is 6.01. The molecule has 0 fully saturated rings. The van der Waals surface area contributed by atoms with Crippen LogP contribution in [0.4, 0.5) is 14.5 Å². The molecule has 0 aliphatic carbocycles. The highest BCUT2D eigenvalue weighted by Crippen LogP contribution is 2.17. The number of hydrogen-bond donors (Lipinski definition) is 1. The van der Waals surface area contributed by atoms with Crippen LogP contribution in [0.2, 0.25) is 5.28 Å². The highest BCUT2D eigenvalue weighted by Gasteiger charge is 2.20. The minimum atomic E-state index is -1.11. The van der Waals surface area contributed by atoms with Crippen molar-refractivity contribution in [3.8, 4) is 0 Å². The lowest BCUT2D eigenvalue weighted by Gasteiger charge is -2.08. The second-order valence-electron chi connectivity index (χ2n) is 5.52. The maximum Gasteiger partial charge on any atom is 0.332 e. The average molecular weight is 384 g/mol. The van der Waals surface area contributed by atoms with Crippen LogP contribution >= 0.6 is 11.6 Å². The standard InChI is InChI=1S/C15H12ClF2N5O3/c1-21-12-11(13(25)22(2)15(21)26)23(14(16)20-12)6-10(24)19-7-3-4-8(17)9(18)5-7/h3-5H,6H2,1-2H3,(H,19,24). The number of rotatable bonds is 3. The van der Waals surface area contributed by atoms with Crippen molar-refractivity contribution < 1.29 is 13.6 Å². The molecule has 1 N–H and O–H groups in total. The summed E-state index contributed by atoms with van der Waals surface area (Å²) in [6.07, 6.45) is 0. The van der Waals surface area contributed by atoms with E-state index in [1.807, 2.05) is 0 Å². The minimum Gasteiger partial charge on any atom is -0.324 e. The van der Waals surface area contributed by atoms with E-state index in [0.717, 1.165) is 25.8 Å². The number of hydrogen-bond acceptors (Lipinski definition) is 4. The molecule has 3 rings (SSSR count). The van der Waals surface area contributed by atoms with Crippen molar-refractivity contribution in [1.82, 2.24) is 18.7 Å². The Morgan fingerprint density at radius 2 is 1.88 bits per heavy atom. The highest BCUT2D eigenvalue weighted by molar-refractivity contribution is 6.29. The van der Waals surface area contributed by atoms with Gasteiger partial charge in [-0.3, -0.25) is 23.3 Å². The predicted molar refractivity (Wildman–Crippen MR) is 90.2 cm³/mol. The van der Waals surface area contributed by atoms with E-state index in [0.29, 0.717) is 0 Å². The Hall–Kier alpha value is -3.01. The zero-order valence-corrected chi connectivity index (χ0v) is 14.3. The van der Waals surface area contributed by atoms with Crippen LogP contribution in [-0.4, -0.2) is 24.6 Å². The molecule has 0 saturated heterocycles. The molecule has 0 aliphatic rings. The Kier molecular flexibility index (Phi) is 4.36. The number of amides is 1. The molecule has 3 aromatic rings. The molecule has 0 radical (unpaired) electrons. The van der Waals surface area contributed by atoms with Gasteiger partial charge in [0, 0.05) is 25.8 Å². The van der Waals surface area contributed by atoms with Gasteiger partial charge in [0.25, 0.3) is 5.56 Å². The topological polar surface area (TPSA) is 90.9 Å². The van der Waals surface area contributed by atoms with E-state index >= 15 is 0 Å². The zero-order valence-electron chi connectivity index (χ0n) is 13.6. The van der Waals surface area contributed by atoms with Gasteiger partial charge in [-0.05, 0) is 23.7 Å². The van der Waals surface area contributed by atoms with Gasteiger partial charge in [-0.25, -0.2) is 13.6 Å². The first-order chi connectivity index (χ1) is 12.2. The monoisotopic (exact) mass is 383 g/mol. The van der Waals surface area contributed by atoms with Crippen molar-refractivity contribution in [2.75, 3.05) is 5.32 Å². The smallest absolute Gasteiger partial charge is 0.324 e. The van der Waals surface area contributed by atoms with Crippen LogP contribution in [0.5, 0.6) is 0 Å². The summed E-state index contributed by atoms with van der Waals surface area (Å²) in [6.45, 7) is -0.415. The molecule has 0 atom stereocenters. The van der Waals surface area contributed by atoms with Crippen LogP contribution in [0.25, 0.3) is 11.2 Å². The summed E-state index contributed by atoms with van der Waals surface area (Å²) in [5.41, 5.74) is -1.21. The molecule has 0 spiro atoms. The van der Waals surface area contributed by atoms with Gasteiger partial charge in [0.15, 0.2) is 22.8 Å². The lowest BCUT2D eigenvalue weighted by atomic mass is 10.3. The number of aromatic nitrogens is 4. The molecule has 26 heavy (non-hydrogen) atoms. The van der Waals surface area contributed by atoms with E-state index < -0.39 is 35.3 Å². The van der Waals surface area contributed by atoms with E-state index in [1.165, 1.54) is 20.2 Å². The van der Waals surface area contributed by atoms with Crippen LogP contribution in [0.3, 0.4) is 0 Å². The first kappa shape index (κ1) is 17.8. The first-order valence-electron chi connectivity index (χ1n) is 7.27. The van der Waals surface area contributed by atoms with Gasteiger partial charge in [-0.15, -0.1) is 0 Å². The van der Waals surface area contributed by atoms with Crippen LogP contribution in [0.15, 0.2) is 27.8 Å². The number of halogens is 3. The molecule has 0 saturated carbocycles. The van der Waals surface area contributed by atoms with Crippen molar-refractivity contribution >= 4 is 34.4 Å². The van der Waals surface area contributed by atoms with Gasteiger partial charge in [-0.2, -0.15) is 4.98 Å². The third-order valence-electron chi connectivity index (χ3n) is 3.81. The highest BCUT2D eigenvalue weighted by atomic mass is 35.5. The summed E-state index contributed by atoms with van der Waals surface area (Å²) in [5.74, 6) is -2.80. The summed E-state index contributed by atoms with van der Waals surface area (Å²) in [5, 5.41) is 2.20. The van der Waals surface area contributed by atoms with Gasteiger partial charge >= 0.3 is 5.69 Å². The molecule has 1 aromatic carbocycles. The normalized spacial score (nSPS) is 11.1. The number of nitrogens with one attached hydrogen (secondary N) is 1. The van der Waals surface area contributed by atoms with E-state index in [9.17, 15) is 23.2 Å². The third kappa shape index (κ3) is 2.88. The van der Waals surface area contributed by atoms with E-state index in [4.69, 9.17) is 11.6 Å². The first-order valence-corrected chi connectivity index (χ1v) is 7.65. The number of imidazole rings is 1. The Morgan fingerprint density at radius 1 is 1.19 bits per heavy atom. The molecule has 8 nitrogen and oxygen atoms in total. The van der Waals surface area contributed by atoms with Crippen LogP contribution in [-0.2, 0) is 25.4 Å². The summed E-state index contributed by atoms with van der Waals surface area (Å²) in [6, 6.07) is 2.88. The van der Waals surface area contributed by atoms with Gasteiger partial charge in [-0.1, -0.05) is 0 Å². The average Bonchev–Trinajstić information content (AvgIpc) is 2.91. The Balaban J connectivity index is 1.99. The number of benzene rings is 1. The molecule has 11 heteroatoms.